The van der Waals surface area contributed by atoms with E-state index in [2.05, 4.69) is 9.97 Å². The molecule has 2 aromatic heterocycles. The first-order valence-electron chi connectivity index (χ1n) is 6.29. The number of hydrogen-bond donors (Lipinski definition) is 0. The normalized spacial score (nSPS) is 10.4. The van der Waals surface area contributed by atoms with Crippen LogP contribution in [0.3, 0.4) is 0 Å². The second-order valence-corrected chi connectivity index (χ2v) is 4.40. The van der Waals surface area contributed by atoms with E-state index in [4.69, 9.17) is 4.74 Å². The van der Waals surface area contributed by atoms with Gasteiger partial charge in [-0.05, 0) is 44.0 Å². The Morgan fingerprint density at radius 1 is 1.30 bits per heavy atom. The number of nitrogens with zero attached hydrogens (tertiary/aromatic N) is 2. The maximum absolute atomic E-state index is 13.6. The summed E-state index contributed by atoms with van der Waals surface area (Å²) in [7, 11) is 0. The molecular weight excluding hydrogens is 259 g/mol. The molecule has 0 unspecified atom stereocenters. The van der Waals surface area contributed by atoms with Gasteiger partial charge in [0.2, 0.25) is 0 Å². The van der Waals surface area contributed by atoms with E-state index in [-0.39, 0.29) is 18.1 Å². The SMILES string of the molecule is CCOC(=O)c1cc(-c2cncc(F)c2C)cc(C)n1. The Hall–Kier alpha value is -2.30. The predicted molar refractivity (Wildman–Crippen MR) is 72.9 cm³/mol. The van der Waals surface area contributed by atoms with E-state index < -0.39 is 5.97 Å². The number of carbonyl (C=O) groups excluding carboxylic acids is 1. The number of pyridine rings is 2. The topological polar surface area (TPSA) is 52.1 Å². The fourth-order valence-corrected chi connectivity index (χ4v) is 1.92. The molecule has 5 heteroatoms. The van der Waals surface area contributed by atoms with E-state index in [9.17, 15) is 9.18 Å². The molecule has 0 N–H and O–H groups in total. The van der Waals surface area contributed by atoms with Crippen molar-refractivity contribution in [1.29, 1.82) is 0 Å². The van der Waals surface area contributed by atoms with Crippen LogP contribution in [-0.4, -0.2) is 22.5 Å². The molecular formula is C15H15FN2O2. The maximum Gasteiger partial charge on any atom is 0.356 e. The lowest BCUT2D eigenvalue weighted by Crippen LogP contribution is -2.08. The smallest absolute Gasteiger partial charge is 0.356 e. The van der Waals surface area contributed by atoms with Gasteiger partial charge in [-0.1, -0.05) is 0 Å². The molecule has 2 rings (SSSR count). The van der Waals surface area contributed by atoms with Crippen LogP contribution in [0, 0.1) is 19.7 Å². The Kier molecular flexibility index (Phi) is 4.08. The van der Waals surface area contributed by atoms with Crippen LogP contribution in [0.15, 0.2) is 24.5 Å². The number of ether oxygens (including phenoxy) is 1. The molecule has 2 heterocycles. The van der Waals surface area contributed by atoms with Gasteiger partial charge in [-0.25, -0.2) is 14.2 Å². The van der Waals surface area contributed by atoms with E-state index in [0.717, 1.165) is 0 Å². The van der Waals surface area contributed by atoms with Crippen molar-refractivity contribution in [3.63, 3.8) is 0 Å². The molecule has 4 nitrogen and oxygen atoms in total. The fraction of sp³-hybridized carbons (Fsp3) is 0.267. The van der Waals surface area contributed by atoms with Crippen molar-refractivity contribution >= 4 is 5.97 Å². The van der Waals surface area contributed by atoms with E-state index in [1.165, 1.54) is 6.20 Å². The van der Waals surface area contributed by atoms with Crippen molar-refractivity contribution < 1.29 is 13.9 Å². The highest BCUT2D eigenvalue weighted by atomic mass is 19.1. The van der Waals surface area contributed by atoms with Crippen molar-refractivity contribution in [2.24, 2.45) is 0 Å². The minimum atomic E-state index is -0.487. The largest absolute Gasteiger partial charge is 0.461 e. The second kappa shape index (κ2) is 5.77. The molecule has 0 radical (unpaired) electrons. The van der Waals surface area contributed by atoms with Gasteiger partial charge in [-0.3, -0.25) is 4.98 Å². The van der Waals surface area contributed by atoms with Gasteiger partial charge < -0.3 is 4.74 Å². The Bertz CT molecular complexity index is 656. The van der Waals surface area contributed by atoms with Crippen LogP contribution in [0.4, 0.5) is 4.39 Å². The number of halogens is 1. The van der Waals surface area contributed by atoms with Gasteiger partial charge in [-0.15, -0.1) is 0 Å². The van der Waals surface area contributed by atoms with Crippen molar-refractivity contribution in [2.45, 2.75) is 20.8 Å². The summed E-state index contributed by atoms with van der Waals surface area (Å²) >= 11 is 0. The zero-order valence-electron chi connectivity index (χ0n) is 11.6. The van der Waals surface area contributed by atoms with Gasteiger partial charge in [0, 0.05) is 17.5 Å². The summed E-state index contributed by atoms with van der Waals surface area (Å²) in [5, 5.41) is 0. The van der Waals surface area contributed by atoms with Gasteiger partial charge in [-0.2, -0.15) is 0 Å². The second-order valence-electron chi connectivity index (χ2n) is 4.40. The van der Waals surface area contributed by atoms with Crippen LogP contribution in [0.25, 0.3) is 11.1 Å². The van der Waals surface area contributed by atoms with E-state index in [1.807, 2.05) is 0 Å². The molecule has 0 atom stereocenters. The molecule has 0 aliphatic carbocycles. The number of hydrogen-bond acceptors (Lipinski definition) is 4. The average molecular weight is 274 g/mol. The van der Waals surface area contributed by atoms with Crippen LogP contribution in [0.5, 0.6) is 0 Å². The lowest BCUT2D eigenvalue weighted by atomic mass is 10.0. The van der Waals surface area contributed by atoms with Crippen molar-refractivity contribution in [1.82, 2.24) is 9.97 Å². The molecule has 0 amide bonds. The summed E-state index contributed by atoms with van der Waals surface area (Å²) < 4.78 is 18.5. The van der Waals surface area contributed by atoms with Crippen molar-refractivity contribution in [3.8, 4) is 11.1 Å². The average Bonchev–Trinajstić information content (AvgIpc) is 2.41. The minimum Gasteiger partial charge on any atom is -0.461 e. The summed E-state index contributed by atoms with van der Waals surface area (Å²) in [5.41, 5.74) is 2.70. The van der Waals surface area contributed by atoms with E-state index >= 15 is 0 Å². The standard InChI is InChI=1S/C15H15FN2O2/c1-4-20-15(19)14-6-11(5-9(2)18-14)12-7-17-8-13(16)10(12)3/h5-8H,4H2,1-3H3. The molecule has 0 fully saturated rings. The van der Waals surface area contributed by atoms with Gasteiger partial charge in [0.25, 0.3) is 0 Å². The zero-order chi connectivity index (χ0) is 14.7. The first kappa shape index (κ1) is 14.1. The molecule has 0 saturated carbocycles. The molecule has 2 aromatic rings. The first-order valence-corrected chi connectivity index (χ1v) is 6.29. The molecule has 0 spiro atoms. The highest BCUT2D eigenvalue weighted by Crippen LogP contribution is 2.25. The Morgan fingerprint density at radius 3 is 2.75 bits per heavy atom. The van der Waals surface area contributed by atoms with Crippen LogP contribution in [0.1, 0.15) is 28.7 Å². The summed E-state index contributed by atoms with van der Waals surface area (Å²) in [5.74, 6) is -0.867. The molecule has 0 saturated heterocycles. The monoisotopic (exact) mass is 274 g/mol. The van der Waals surface area contributed by atoms with Gasteiger partial charge in [0.15, 0.2) is 0 Å². The third-order valence-corrected chi connectivity index (χ3v) is 2.90. The summed E-state index contributed by atoms with van der Waals surface area (Å²) in [6, 6.07) is 3.38. The predicted octanol–water partition coefficient (Wildman–Crippen LogP) is 3.08. The quantitative estimate of drug-likeness (QED) is 0.807. The Morgan fingerprint density at radius 2 is 2.05 bits per heavy atom. The number of aromatic nitrogens is 2. The van der Waals surface area contributed by atoms with Crippen molar-refractivity contribution in [3.05, 3.63) is 47.3 Å². The molecule has 104 valence electrons. The van der Waals surface area contributed by atoms with Crippen LogP contribution < -0.4 is 0 Å². The third-order valence-electron chi connectivity index (χ3n) is 2.90. The summed E-state index contributed by atoms with van der Waals surface area (Å²) in [6.45, 7) is 5.46. The lowest BCUT2D eigenvalue weighted by Gasteiger charge is -2.09. The summed E-state index contributed by atoms with van der Waals surface area (Å²) in [4.78, 5) is 19.7. The first-order chi connectivity index (χ1) is 9.52. The Labute approximate surface area is 116 Å². The van der Waals surface area contributed by atoms with Crippen LogP contribution >= 0.6 is 0 Å². The fourth-order valence-electron chi connectivity index (χ4n) is 1.92. The maximum atomic E-state index is 13.6. The molecule has 20 heavy (non-hydrogen) atoms. The van der Waals surface area contributed by atoms with E-state index in [1.54, 1.807) is 39.1 Å². The Balaban J connectivity index is 2.52. The number of carbonyl (C=O) groups is 1. The molecule has 0 aliphatic heterocycles. The van der Waals surface area contributed by atoms with Crippen LogP contribution in [0.2, 0.25) is 0 Å². The number of aryl methyl sites for hydroxylation is 1. The lowest BCUT2D eigenvalue weighted by molar-refractivity contribution is 0.0519. The van der Waals surface area contributed by atoms with Gasteiger partial charge >= 0.3 is 5.97 Å². The highest BCUT2D eigenvalue weighted by Gasteiger charge is 2.13. The molecule has 0 aliphatic rings. The van der Waals surface area contributed by atoms with E-state index in [0.29, 0.717) is 22.4 Å². The zero-order valence-corrected chi connectivity index (χ0v) is 11.6. The van der Waals surface area contributed by atoms with Gasteiger partial charge in [0.1, 0.15) is 11.5 Å². The number of rotatable bonds is 3. The van der Waals surface area contributed by atoms with Crippen LogP contribution in [-0.2, 0) is 4.74 Å². The summed E-state index contributed by atoms with van der Waals surface area (Å²) in [6.07, 6.45) is 2.74. The third kappa shape index (κ3) is 2.82. The molecule has 0 aromatic carbocycles. The minimum absolute atomic E-state index is 0.213. The number of esters is 1. The van der Waals surface area contributed by atoms with Crippen molar-refractivity contribution in [2.75, 3.05) is 6.61 Å². The van der Waals surface area contributed by atoms with Gasteiger partial charge in [0.05, 0.1) is 12.8 Å². The molecule has 0 bridgehead atoms. The highest BCUT2D eigenvalue weighted by molar-refractivity contribution is 5.89.